The van der Waals surface area contributed by atoms with E-state index in [2.05, 4.69) is 11.3 Å². The monoisotopic (exact) mass is 177 g/mol. The first-order valence-corrected chi connectivity index (χ1v) is 4.40. The second kappa shape index (κ2) is 2.54. The molecule has 1 fully saturated rings. The molecule has 5 nitrogen and oxygen atoms in total. The van der Waals surface area contributed by atoms with E-state index in [0.29, 0.717) is 4.31 Å². The zero-order chi connectivity index (χ0) is 8.48. The average molecular weight is 177 g/mol. The first-order chi connectivity index (χ1) is 5.08. The van der Waals surface area contributed by atoms with Gasteiger partial charge in [-0.1, -0.05) is 6.58 Å². The topological polar surface area (TPSA) is 63.7 Å². The summed E-state index contributed by atoms with van der Waals surface area (Å²) in [5.74, 6) is 0. The van der Waals surface area contributed by atoms with Crippen LogP contribution in [0.5, 0.6) is 0 Å². The molecule has 62 valence electrons. The fourth-order valence-corrected chi connectivity index (χ4v) is 1.47. The minimum atomic E-state index is -3.62. The molecule has 1 aliphatic rings. The van der Waals surface area contributed by atoms with Gasteiger partial charge in [-0.3, -0.25) is 0 Å². The highest BCUT2D eigenvalue weighted by Gasteiger charge is 2.30. The Labute approximate surface area is 64.3 Å². The summed E-state index contributed by atoms with van der Waals surface area (Å²) < 4.78 is 26.9. The smallest absolute Gasteiger partial charge is 0.423 e. The molecule has 1 saturated heterocycles. The minimum Gasteiger partial charge on any atom is -0.447 e. The van der Waals surface area contributed by atoms with Gasteiger partial charge in [-0.15, -0.1) is 0 Å². The summed E-state index contributed by atoms with van der Waals surface area (Å²) in [6.07, 6.45) is -0.829. The number of sulfonamides is 1. The number of rotatable bonds is 2. The Balaban J connectivity index is 2.91. The molecule has 0 saturated carbocycles. The van der Waals surface area contributed by atoms with Crippen LogP contribution in [0.1, 0.15) is 0 Å². The van der Waals surface area contributed by atoms with Crippen molar-refractivity contribution in [1.82, 2.24) is 4.31 Å². The third kappa shape index (κ3) is 1.35. The second-order valence-corrected chi connectivity index (χ2v) is 3.70. The Hall–Kier alpha value is -1.04. The Morgan fingerprint density at radius 1 is 1.64 bits per heavy atom. The highest BCUT2D eigenvalue weighted by atomic mass is 32.2. The van der Waals surface area contributed by atoms with Crippen LogP contribution in [0.4, 0.5) is 4.79 Å². The molecule has 0 aromatic rings. The first kappa shape index (κ1) is 8.06. The number of hydrogen-bond acceptors (Lipinski definition) is 4. The maximum Gasteiger partial charge on any atom is 0.423 e. The summed E-state index contributed by atoms with van der Waals surface area (Å²) in [5, 5.41) is 0.722. The van der Waals surface area contributed by atoms with Crippen LogP contribution in [0.25, 0.3) is 0 Å². The van der Waals surface area contributed by atoms with E-state index in [1.165, 1.54) is 0 Å². The number of cyclic esters (lactones) is 1. The van der Waals surface area contributed by atoms with Gasteiger partial charge in [0, 0.05) is 5.41 Å². The summed E-state index contributed by atoms with van der Waals surface area (Å²) >= 11 is 0. The molecule has 6 heteroatoms. The molecular formula is C5H7NO4S. The molecule has 0 N–H and O–H groups in total. The van der Waals surface area contributed by atoms with Crippen molar-refractivity contribution in [2.24, 2.45) is 0 Å². The largest absolute Gasteiger partial charge is 0.447 e. The van der Waals surface area contributed by atoms with Crippen molar-refractivity contribution in [3.63, 3.8) is 0 Å². The van der Waals surface area contributed by atoms with Gasteiger partial charge in [0.2, 0.25) is 0 Å². The minimum absolute atomic E-state index is 0.0766. The summed E-state index contributed by atoms with van der Waals surface area (Å²) in [4.78, 5) is 10.7. The molecule has 0 aromatic carbocycles. The molecule has 0 aliphatic carbocycles. The maximum absolute atomic E-state index is 10.9. The Bertz CT molecular complexity index is 281. The molecule has 0 atom stereocenters. The lowest BCUT2D eigenvalue weighted by molar-refractivity contribution is 0.170. The van der Waals surface area contributed by atoms with Crippen molar-refractivity contribution in [3.05, 3.63) is 12.0 Å². The van der Waals surface area contributed by atoms with Crippen molar-refractivity contribution in [1.29, 1.82) is 0 Å². The van der Waals surface area contributed by atoms with E-state index in [4.69, 9.17) is 0 Å². The Kier molecular flexibility index (Phi) is 1.86. The maximum atomic E-state index is 10.9. The van der Waals surface area contributed by atoms with E-state index in [1.807, 2.05) is 0 Å². The summed E-state index contributed by atoms with van der Waals surface area (Å²) in [7, 11) is -3.62. The zero-order valence-corrected chi connectivity index (χ0v) is 6.50. The molecule has 0 bridgehead atoms. The van der Waals surface area contributed by atoms with Crippen LogP contribution in [0.2, 0.25) is 0 Å². The molecule has 0 unspecified atom stereocenters. The van der Waals surface area contributed by atoms with E-state index in [9.17, 15) is 13.2 Å². The van der Waals surface area contributed by atoms with E-state index in [1.54, 1.807) is 0 Å². The van der Waals surface area contributed by atoms with E-state index in [0.717, 1.165) is 5.41 Å². The van der Waals surface area contributed by atoms with E-state index >= 15 is 0 Å². The zero-order valence-electron chi connectivity index (χ0n) is 5.69. The lowest BCUT2D eigenvalue weighted by Gasteiger charge is -2.08. The first-order valence-electron chi connectivity index (χ1n) is 2.90. The standard InChI is InChI=1S/C5H7NO4S/c1-2-11(8,9)6-3-4-10-5(6)7/h2H,1,3-4H2. The van der Waals surface area contributed by atoms with Gasteiger partial charge in [-0.05, 0) is 0 Å². The second-order valence-electron chi connectivity index (χ2n) is 1.90. The molecule has 1 amide bonds. The van der Waals surface area contributed by atoms with Crippen molar-refractivity contribution in [2.75, 3.05) is 13.2 Å². The van der Waals surface area contributed by atoms with Crippen LogP contribution < -0.4 is 0 Å². The molecule has 0 aromatic heterocycles. The number of carbonyl (C=O) groups excluding carboxylic acids is 1. The number of ether oxygens (including phenoxy) is 1. The lowest BCUT2D eigenvalue weighted by atomic mass is 10.7. The van der Waals surface area contributed by atoms with Crippen molar-refractivity contribution in [3.8, 4) is 0 Å². The van der Waals surface area contributed by atoms with Crippen LogP contribution >= 0.6 is 0 Å². The molecule has 0 radical (unpaired) electrons. The fraction of sp³-hybridized carbons (Fsp3) is 0.400. The fourth-order valence-electron chi connectivity index (χ4n) is 0.700. The van der Waals surface area contributed by atoms with Crippen LogP contribution in [-0.2, 0) is 14.8 Å². The van der Waals surface area contributed by atoms with Crippen LogP contribution in [0.3, 0.4) is 0 Å². The molecule has 1 rings (SSSR count). The van der Waals surface area contributed by atoms with E-state index < -0.39 is 16.1 Å². The third-order valence-corrected chi connectivity index (χ3v) is 2.61. The highest BCUT2D eigenvalue weighted by Crippen LogP contribution is 2.10. The Morgan fingerprint density at radius 2 is 2.27 bits per heavy atom. The van der Waals surface area contributed by atoms with Gasteiger partial charge < -0.3 is 4.74 Å². The lowest BCUT2D eigenvalue weighted by Crippen LogP contribution is -2.29. The van der Waals surface area contributed by atoms with Gasteiger partial charge in [0.1, 0.15) is 6.61 Å². The van der Waals surface area contributed by atoms with Crippen molar-refractivity contribution < 1.29 is 17.9 Å². The van der Waals surface area contributed by atoms with E-state index in [-0.39, 0.29) is 13.2 Å². The molecule has 0 spiro atoms. The number of carbonyl (C=O) groups is 1. The number of amides is 1. The summed E-state index contributed by atoms with van der Waals surface area (Å²) in [6, 6.07) is 0. The van der Waals surface area contributed by atoms with Gasteiger partial charge in [-0.25, -0.2) is 13.2 Å². The van der Waals surface area contributed by atoms with Crippen molar-refractivity contribution >= 4 is 16.1 Å². The number of nitrogens with zero attached hydrogens (tertiary/aromatic N) is 1. The van der Waals surface area contributed by atoms with Crippen LogP contribution in [-0.4, -0.2) is 32.0 Å². The van der Waals surface area contributed by atoms with Gasteiger partial charge in [0.15, 0.2) is 0 Å². The predicted octanol–water partition coefficient (Wildman–Crippen LogP) is -0.0881. The third-order valence-electron chi connectivity index (χ3n) is 1.24. The number of hydrogen-bond donors (Lipinski definition) is 0. The SMILES string of the molecule is C=CS(=O)(=O)N1CCOC1=O. The van der Waals surface area contributed by atoms with Crippen molar-refractivity contribution in [2.45, 2.75) is 0 Å². The highest BCUT2D eigenvalue weighted by molar-refractivity contribution is 7.92. The predicted molar refractivity (Wildman–Crippen MR) is 37.2 cm³/mol. The van der Waals surface area contributed by atoms with Gasteiger partial charge in [0.05, 0.1) is 6.54 Å². The summed E-state index contributed by atoms with van der Waals surface area (Å²) in [6.45, 7) is 3.27. The van der Waals surface area contributed by atoms with Gasteiger partial charge >= 0.3 is 6.09 Å². The Morgan fingerprint density at radius 3 is 2.64 bits per heavy atom. The molecule has 1 heterocycles. The quantitative estimate of drug-likeness (QED) is 0.591. The average Bonchev–Trinajstić information content (AvgIpc) is 2.36. The molecule has 1 aliphatic heterocycles. The van der Waals surface area contributed by atoms with Crippen LogP contribution in [0.15, 0.2) is 12.0 Å². The van der Waals surface area contributed by atoms with Gasteiger partial charge in [0.25, 0.3) is 10.0 Å². The van der Waals surface area contributed by atoms with Gasteiger partial charge in [-0.2, -0.15) is 4.31 Å². The van der Waals surface area contributed by atoms with Crippen LogP contribution in [0, 0.1) is 0 Å². The molecule has 11 heavy (non-hydrogen) atoms. The molecular weight excluding hydrogens is 170 g/mol. The normalized spacial score (nSPS) is 18.2. The summed E-state index contributed by atoms with van der Waals surface area (Å²) in [5.41, 5.74) is 0.